The van der Waals surface area contributed by atoms with Crippen LogP contribution in [0.15, 0.2) is 53.1 Å². The molecule has 1 heterocycles. The molecule has 2 N–H and O–H groups in total. The predicted molar refractivity (Wildman–Crippen MR) is 76.5 cm³/mol. The summed E-state index contributed by atoms with van der Waals surface area (Å²) in [5.74, 6) is -0.132. The van der Waals surface area contributed by atoms with Gasteiger partial charge in [0.2, 0.25) is 5.88 Å². The fourth-order valence-electron chi connectivity index (χ4n) is 2.25. The van der Waals surface area contributed by atoms with E-state index in [1.165, 1.54) is 12.1 Å². The summed E-state index contributed by atoms with van der Waals surface area (Å²) in [5.41, 5.74) is 9.75. The molecule has 3 aromatic rings. The summed E-state index contributed by atoms with van der Waals surface area (Å²) in [4.78, 5) is 0. The topological polar surface area (TPSA) is 52.0 Å². The van der Waals surface area contributed by atoms with E-state index in [1.807, 2.05) is 31.2 Å². The van der Waals surface area contributed by atoms with Gasteiger partial charge in [-0.05, 0) is 30.2 Å². The predicted octanol–water partition coefficient (Wildman–Crippen LogP) is 4.04. The van der Waals surface area contributed by atoms with Crippen LogP contribution in [0.3, 0.4) is 0 Å². The second kappa shape index (κ2) is 4.81. The first-order valence-electron chi connectivity index (χ1n) is 6.24. The van der Waals surface area contributed by atoms with Gasteiger partial charge in [-0.25, -0.2) is 4.39 Å². The molecule has 3 rings (SSSR count). The number of nitrogens with zero attached hydrogens (tertiary/aromatic N) is 1. The van der Waals surface area contributed by atoms with Crippen LogP contribution in [0.4, 0.5) is 10.3 Å². The maximum atomic E-state index is 13.4. The average Bonchev–Trinajstić information content (AvgIpc) is 2.81. The molecule has 0 spiro atoms. The van der Waals surface area contributed by atoms with Crippen molar-refractivity contribution in [3.05, 3.63) is 59.9 Å². The van der Waals surface area contributed by atoms with Crippen molar-refractivity contribution in [3.63, 3.8) is 0 Å². The standard InChI is InChI=1S/C16H13FN2O/c1-10-5-2-3-8-13(10)15-14(16(18)20-19-15)11-6-4-7-12(17)9-11/h2-9H,18H2,1H3. The molecule has 20 heavy (non-hydrogen) atoms. The quantitative estimate of drug-likeness (QED) is 0.763. The molecule has 0 amide bonds. The maximum absolute atomic E-state index is 13.4. The molecule has 0 unspecified atom stereocenters. The van der Waals surface area contributed by atoms with E-state index in [0.29, 0.717) is 16.8 Å². The second-order valence-corrected chi connectivity index (χ2v) is 4.60. The molecule has 0 aliphatic heterocycles. The molecule has 100 valence electrons. The van der Waals surface area contributed by atoms with Crippen LogP contribution in [0, 0.1) is 12.7 Å². The van der Waals surface area contributed by atoms with Crippen molar-refractivity contribution < 1.29 is 8.91 Å². The Morgan fingerprint density at radius 1 is 1.10 bits per heavy atom. The van der Waals surface area contributed by atoms with Crippen molar-refractivity contribution in [2.45, 2.75) is 6.92 Å². The van der Waals surface area contributed by atoms with Crippen LogP contribution in [0.2, 0.25) is 0 Å². The van der Waals surface area contributed by atoms with Crippen LogP contribution < -0.4 is 5.73 Å². The number of benzene rings is 2. The van der Waals surface area contributed by atoms with Gasteiger partial charge in [0, 0.05) is 5.56 Å². The lowest BCUT2D eigenvalue weighted by Gasteiger charge is -2.05. The SMILES string of the molecule is Cc1ccccc1-c1noc(N)c1-c1cccc(F)c1. The minimum absolute atomic E-state index is 0.189. The molecule has 0 aliphatic carbocycles. The van der Waals surface area contributed by atoms with Gasteiger partial charge in [0.15, 0.2) is 0 Å². The number of anilines is 1. The van der Waals surface area contributed by atoms with E-state index in [-0.39, 0.29) is 11.7 Å². The molecule has 0 saturated carbocycles. The molecule has 0 atom stereocenters. The fraction of sp³-hybridized carbons (Fsp3) is 0.0625. The van der Waals surface area contributed by atoms with E-state index < -0.39 is 0 Å². The van der Waals surface area contributed by atoms with E-state index in [9.17, 15) is 4.39 Å². The lowest BCUT2D eigenvalue weighted by atomic mass is 9.98. The van der Waals surface area contributed by atoms with E-state index in [1.54, 1.807) is 12.1 Å². The van der Waals surface area contributed by atoms with Gasteiger partial charge in [-0.15, -0.1) is 0 Å². The summed E-state index contributed by atoms with van der Waals surface area (Å²) in [6.07, 6.45) is 0. The Morgan fingerprint density at radius 2 is 1.90 bits per heavy atom. The first-order chi connectivity index (χ1) is 9.66. The molecule has 3 nitrogen and oxygen atoms in total. The Hall–Kier alpha value is -2.62. The number of hydrogen-bond acceptors (Lipinski definition) is 3. The third-order valence-corrected chi connectivity index (χ3v) is 3.23. The van der Waals surface area contributed by atoms with Crippen LogP contribution in [-0.4, -0.2) is 5.16 Å². The van der Waals surface area contributed by atoms with Crippen molar-refractivity contribution in [3.8, 4) is 22.4 Å². The first kappa shape index (κ1) is 12.4. The lowest BCUT2D eigenvalue weighted by Crippen LogP contribution is -1.90. The summed E-state index contributed by atoms with van der Waals surface area (Å²) in [5, 5.41) is 4.03. The van der Waals surface area contributed by atoms with Crippen LogP contribution in [-0.2, 0) is 0 Å². The van der Waals surface area contributed by atoms with Crippen molar-refractivity contribution >= 4 is 5.88 Å². The zero-order chi connectivity index (χ0) is 14.1. The van der Waals surface area contributed by atoms with Crippen molar-refractivity contribution in [2.75, 3.05) is 5.73 Å². The van der Waals surface area contributed by atoms with Crippen LogP contribution >= 0.6 is 0 Å². The molecule has 0 bridgehead atoms. The van der Waals surface area contributed by atoms with Crippen LogP contribution in [0.1, 0.15) is 5.56 Å². The Bertz CT molecular complexity index is 765. The Labute approximate surface area is 115 Å². The molecule has 0 fully saturated rings. The Kier molecular flexibility index (Phi) is 2.99. The van der Waals surface area contributed by atoms with Gasteiger partial charge < -0.3 is 10.3 Å². The first-order valence-corrected chi connectivity index (χ1v) is 6.24. The van der Waals surface area contributed by atoms with Crippen molar-refractivity contribution in [1.82, 2.24) is 5.16 Å². The normalized spacial score (nSPS) is 10.7. The minimum atomic E-state index is -0.321. The monoisotopic (exact) mass is 268 g/mol. The summed E-state index contributed by atoms with van der Waals surface area (Å²) in [7, 11) is 0. The average molecular weight is 268 g/mol. The van der Waals surface area contributed by atoms with E-state index in [2.05, 4.69) is 5.16 Å². The highest BCUT2D eigenvalue weighted by atomic mass is 19.1. The largest absolute Gasteiger partial charge is 0.367 e. The van der Waals surface area contributed by atoms with Crippen molar-refractivity contribution in [2.24, 2.45) is 0 Å². The maximum Gasteiger partial charge on any atom is 0.230 e. The highest BCUT2D eigenvalue weighted by molar-refractivity contribution is 5.87. The number of rotatable bonds is 2. The van der Waals surface area contributed by atoms with Gasteiger partial charge >= 0.3 is 0 Å². The van der Waals surface area contributed by atoms with Crippen molar-refractivity contribution in [1.29, 1.82) is 0 Å². The number of nitrogens with two attached hydrogens (primary N) is 1. The van der Waals surface area contributed by atoms with Gasteiger partial charge in [0.1, 0.15) is 11.5 Å². The smallest absolute Gasteiger partial charge is 0.230 e. The molecule has 0 saturated heterocycles. The van der Waals surface area contributed by atoms with Gasteiger partial charge in [-0.3, -0.25) is 0 Å². The zero-order valence-corrected chi connectivity index (χ0v) is 10.9. The van der Waals surface area contributed by atoms with Gasteiger partial charge in [-0.1, -0.05) is 41.6 Å². The van der Waals surface area contributed by atoms with E-state index in [4.69, 9.17) is 10.3 Å². The Morgan fingerprint density at radius 3 is 2.65 bits per heavy atom. The van der Waals surface area contributed by atoms with Gasteiger partial charge in [0.05, 0.1) is 5.56 Å². The third kappa shape index (κ3) is 2.05. The molecule has 0 radical (unpaired) electrons. The molecule has 4 heteroatoms. The highest BCUT2D eigenvalue weighted by Crippen LogP contribution is 2.37. The number of nitrogen functional groups attached to an aromatic ring is 1. The summed E-state index contributed by atoms with van der Waals surface area (Å²) in [6, 6.07) is 14.0. The lowest BCUT2D eigenvalue weighted by molar-refractivity contribution is 0.439. The summed E-state index contributed by atoms with van der Waals surface area (Å²) < 4.78 is 18.5. The van der Waals surface area contributed by atoms with E-state index >= 15 is 0 Å². The second-order valence-electron chi connectivity index (χ2n) is 4.60. The fourth-order valence-corrected chi connectivity index (χ4v) is 2.25. The number of aromatic nitrogens is 1. The Balaban J connectivity index is 2.23. The molecule has 1 aromatic heterocycles. The van der Waals surface area contributed by atoms with Crippen LogP contribution in [0.5, 0.6) is 0 Å². The summed E-state index contributed by atoms with van der Waals surface area (Å²) >= 11 is 0. The van der Waals surface area contributed by atoms with Gasteiger partial charge in [0.25, 0.3) is 0 Å². The number of hydrogen-bond donors (Lipinski definition) is 1. The van der Waals surface area contributed by atoms with Gasteiger partial charge in [-0.2, -0.15) is 0 Å². The third-order valence-electron chi connectivity index (χ3n) is 3.23. The molecule has 0 aliphatic rings. The van der Waals surface area contributed by atoms with Crippen LogP contribution in [0.25, 0.3) is 22.4 Å². The van der Waals surface area contributed by atoms with E-state index in [0.717, 1.165) is 11.1 Å². The minimum Gasteiger partial charge on any atom is -0.367 e. The number of aryl methyl sites for hydroxylation is 1. The molecular weight excluding hydrogens is 255 g/mol. The zero-order valence-electron chi connectivity index (χ0n) is 10.9. The molecular formula is C16H13FN2O. The molecule has 2 aromatic carbocycles. The summed E-state index contributed by atoms with van der Waals surface area (Å²) in [6.45, 7) is 1.98. The number of halogens is 1. The highest BCUT2D eigenvalue weighted by Gasteiger charge is 2.18.